The molecule has 3 nitrogen and oxygen atoms in total. The van der Waals surface area contributed by atoms with Crippen LogP contribution >= 0.6 is 11.3 Å². The van der Waals surface area contributed by atoms with Crippen LogP contribution in [0, 0.1) is 0 Å². The van der Waals surface area contributed by atoms with E-state index >= 15 is 0 Å². The van der Waals surface area contributed by atoms with Crippen LogP contribution in [-0.4, -0.2) is 24.1 Å². The smallest absolute Gasteiger partial charge is 0.185 e. The van der Waals surface area contributed by atoms with Gasteiger partial charge in [-0.3, -0.25) is 0 Å². The van der Waals surface area contributed by atoms with Crippen LogP contribution in [-0.2, 0) is 6.54 Å². The number of anilines is 1. The zero-order valence-corrected chi connectivity index (χ0v) is 13.1. The van der Waals surface area contributed by atoms with Crippen molar-refractivity contribution in [2.75, 3.05) is 18.0 Å². The molecule has 108 valence electrons. The molecule has 1 aliphatic heterocycles. The second-order valence-electron chi connectivity index (χ2n) is 5.40. The van der Waals surface area contributed by atoms with Crippen LogP contribution in [0.2, 0.25) is 0 Å². The first kappa shape index (κ1) is 14.8. The molecule has 1 saturated heterocycles. The van der Waals surface area contributed by atoms with Crippen molar-refractivity contribution < 1.29 is 0 Å². The van der Waals surface area contributed by atoms with Gasteiger partial charge in [0.05, 0.1) is 5.69 Å². The molecule has 0 bridgehead atoms. The number of nitrogens with zero attached hydrogens (tertiary/aromatic N) is 2. The summed E-state index contributed by atoms with van der Waals surface area (Å²) in [4.78, 5) is 7.38. The van der Waals surface area contributed by atoms with Gasteiger partial charge in [0.1, 0.15) is 0 Å². The van der Waals surface area contributed by atoms with E-state index in [2.05, 4.69) is 29.4 Å². The summed E-state index contributed by atoms with van der Waals surface area (Å²) in [5.41, 5.74) is 1.20. The molecule has 0 aromatic carbocycles. The largest absolute Gasteiger partial charge is 0.345 e. The maximum Gasteiger partial charge on any atom is 0.185 e. The second kappa shape index (κ2) is 7.85. The van der Waals surface area contributed by atoms with Gasteiger partial charge in [0.2, 0.25) is 0 Å². The van der Waals surface area contributed by atoms with Crippen molar-refractivity contribution >= 4 is 16.5 Å². The van der Waals surface area contributed by atoms with Gasteiger partial charge < -0.3 is 10.2 Å². The molecule has 1 unspecified atom stereocenters. The Morgan fingerprint density at radius 1 is 1.37 bits per heavy atom. The molecule has 1 aliphatic rings. The van der Waals surface area contributed by atoms with Crippen LogP contribution in [0.25, 0.3) is 0 Å². The van der Waals surface area contributed by atoms with E-state index in [1.807, 2.05) is 11.3 Å². The Hall–Kier alpha value is -0.610. The Bertz CT molecular complexity index is 364. The molecule has 1 fully saturated rings. The Labute approximate surface area is 121 Å². The van der Waals surface area contributed by atoms with Crippen LogP contribution in [0.5, 0.6) is 0 Å². The number of hydrogen-bond acceptors (Lipinski definition) is 4. The number of rotatable bonds is 6. The lowest BCUT2D eigenvalue weighted by molar-refractivity contribution is 0.554. The highest BCUT2D eigenvalue weighted by molar-refractivity contribution is 7.13. The molecule has 0 aliphatic carbocycles. The van der Waals surface area contributed by atoms with E-state index in [4.69, 9.17) is 4.98 Å². The van der Waals surface area contributed by atoms with E-state index in [9.17, 15) is 0 Å². The fraction of sp³-hybridized carbons (Fsp3) is 0.800. The predicted molar refractivity (Wildman–Crippen MR) is 84.0 cm³/mol. The maximum absolute atomic E-state index is 4.83. The van der Waals surface area contributed by atoms with Gasteiger partial charge in [-0.2, -0.15) is 0 Å². The molecule has 1 N–H and O–H groups in total. The fourth-order valence-corrected chi connectivity index (χ4v) is 3.68. The van der Waals surface area contributed by atoms with Gasteiger partial charge in [-0.15, -0.1) is 11.3 Å². The lowest BCUT2D eigenvalue weighted by Gasteiger charge is -2.28. The SMILES string of the molecule is CCCNCc1csc(N2CCCCCC2CC)n1. The molecular weight excluding hydrogens is 254 g/mol. The molecule has 1 aromatic rings. The minimum atomic E-state index is 0.699. The lowest BCUT2D eigenvalue weighted by atomic mass is 10.1. The van der Waals surface area contributed by atoms with E-state index in [-0.39, 0.29) is 0 Å². The zero-order chi connectivity index (χ0) is 13.5. The van der Waals surface area contributed by atoms with Gasteiger partial charge in [-0.05, 0) is 32.2 Å². The number of aromatic nitrogens is 1. The molecule has 1 atom stereocenters. The summed E-state index contributed by atoms with van der Waals surface area (Å²) in [5.74, 6) is 0. The third-order valence-corrected chi connectivity index (χ3v) is 4.79. The van der Waals surface area contributed by atoms with Gasteiger partial charge in [0.25, 0.3) is 0 Å². The van der Waals surface area contributed by atoms with Crippen molar-refractivity contribution in [3.8, 4) is 0 Å². The van der Waals surface area contributed by atoms with Crippen LogP contribution in [0.1, 0.15) is 58.1 Å². The molecule has 1 aromatic heterocycles. The molecule has 0 saturated carbocycles. The van der Waals surface area contributed by atoms with E-state index < -0.39 is 0 Å². The average Bonchev–Trinajstić information content (AvgIpc) is 2.76. The van der Waals surface area contributed by atoms with Gasteiger partial charge in [0.15, 0.2) is 5.13 Å². The quantitative estimate of drug-likeness (QED) is 0.804. The van der Waals surface area contributed by atoms with Gasteiger partial charge in [-0.1, -0.05) is 26.7 Å². The summed E-state index contributed by atoms with van der Waals surface area (Å²) in [7, 11) is 0. The highest BCUT2D eigenvalue weighted by Gasteiger charge is 2.21. The Morgan fingerprint density at radius 2 is 2.26 bits per heavy atom. The minimum absolute atomic E-state index is 0.699. The molecule has 19 heavy (non-hydrogen) atoms. The molecular formula is C15H27N3S. The maximum atomic E-state index is 4.83. The summed E-state index contributed by atoms with van der Waals surface area (Å²) < 4.78 is 0. The van der Waals surface area contributed by atoms with E-state index in [0.29, 0.717) is 6.04 Å². The molecule has 0 spiro atoms. The van der Waals surface area contributed by atoms with Crippen LogP contribution < -0.4 is 10.2 Å². The normalized spacial score (nSPS) is 20.5. The Balaban J connectivity index is 1.98. The van der Waals surface area contributed by atoms with Crippen molar-refractivity contribution in [1.82, 2.24) is 10.3 Å². The summed E-state index contributed by atoms with van der Waals surface area (Å²) in [6.45, 7) is 7.68. The average molecular weight is 281 g/mol. The van der Waals surface area contributed by atoms with Crippen LogP contribution in [0.3, 0.4) is 0 Å². The van der Waals surface area contributed by atoms with E-state index in [0.717, 1.165) is 13.1 Å². The summed E-state index contributed by atoms with van der Waals surface area (Å²) >= 11 is 1.82. The zero-order valence-electron chi connectivity index (χ0n) is 12.3. The topological polar surface area (TPSA) is 28.2 Å². The first-order valence-corrected chi connectivity index (χ1v) is 8.64. The third kappa shape index (κ3) is 4.18. The van der Waals surface area contributed by atoms with Gasteiger partial charge in [0, 0.05) is 24.5 Å². The van der Waals surface area contributed by atoms with Crippen molar-refractivity contribution in [2.24, 2.45) is 0 Å². The summed E-state index contributed by atoms with van der Waals surface area (Å²) in [6.07, 6.45) is 7.83. The van der Waals surface area contributed by atoms with E-state index in [1.165, 1.54) is 55.9 Å². The van der Waals surface area contributed by atoms with Gasteiger partial charge in [-0.25, -0.2) is 4.98 Å². The van der Waals surface area contributed by atoms with Crippen molar-refractivity contribution in [2.45, 2.75) is 65.0 Å². The highest BCUT2D eigenvalue weighted by Crippen LogP contribution is 2.28. The van der Waals surface area contributed by atoms with Crippen LogP contribution in [0.15, 0.2) is 5.38 Å². The Kier molecular flexibility index (Phi) is 6.11. The molecule has 0 radical (unpaired) electrons. The van der Waals surface area contributed by atoms with Crippen LogP contribution in [0.4, 0.5) is 5.13 Å². The molecule has 4 heteroatoms. The first-order chi connectivity index (χ1) is 9.35. The number of hydrogen-bond donors (Lipinski definition) is 1. The first-order valence-electron chi connectivity index (χ1n) is 7.77. The number of nitrogens with one attached hydrogen (secondary N) is 1. The Morgan fingerprint density at radius 3 is 3.05 bits per heavy atom. The van der Waals surface area contributed by atoms with Crippen molar-refractivity contribution in [3.05, 3.63) is 11.1 Å². The summed E-state index contributed by atoms with van der Waals surface area (Å²) in [5, 5.41) is 6.89. The molecule has 2 rings (SSSR count). The highest BCUT2D eigenvalue weighted by atomic mass is 32.1. The second-order valence-corrected chi connectivity index (χ2v) is 6.24. The van der Waals surface area contributed by atoms with Crippen molar-refractivity contribution in [1.29, 1.82) is 0 Å². The standard InChI is InChI=1S/C15H27N3S/c1-3-9-16-11-13-12-19-15(17-13)18-10-7-5-6-8-14(18)4-2/h12,14,16H,3-11H2,1-2H3. The number of thiazole rings is 1. The lowest BCUT2D eigenvalue weighted by Crippen LogP contribution is -2.34. The minimum Gasteiger partial charge on any atom is -0.345 e. The molecule has 0 amide bonds. The van der Waals surface area contributed by atoms with E-state index in [1.54, 1.807) is 0 Å². The summed E-state index contributed by atoms with van der Waals surface area (Å²) in [6, 6.07) is 0.699. The molecule has 2 heterocycles. The monoisotopic (exact) mass is 281 g/mol. The fourth-order valence-electron chi connectivity index (χ4n) is 2.76. The third-order valence-electron chi connectivity index (χ3n) is 3.87. The van der Waals surface area contributed by atoms with Gasteiger partial charge >= 0.3 is 0 Å². The predicted octanol–water partition coefficient (Wildman–Crippen LogP) is 3.80. The van der Waals surface area contributed by atoms with Crippen molar-refractivity contribution in [3.63, 3.8) is 0 Å².